The molecule has 1 aromatic heterocycles. The number of rotatable bonds is 5. The highest BCUT2D eigenvalue weighted by Gasteiger charge is 2.23. The Morgan fingerprint density at radius 1 is 1.27 bits per heavy atom. The Morgan fingerprint density at radius 3 is 2.58 bits per heavy atom. The molecule has 0 saturated heterocycles. The first-order valence-electron chi connectivity index (χ1n) is 8.20. The zero-order valence-electron chi connectivity index (χ0n) is 14.4. The molecule has 0 bridgehead atoms. The molecule has 2 aromatic carbocycles. The van der Waals surface area contributed by atoms with Crippen LogP contribution in [0.25, 0.3) is 5.69 Å². The lowest BCUT2D eigenvalue weighted by molar-refractivity contribution is 0.0695. The number of benzene rings is 2. The van der Waals surface area contributed by atoms with Crippen molar-refractivity contribution in [3.63, 3.8) is 0 Å². The molecule has 0 spiro atoms. The standard InChI is InChI=1S/C20H18ClFN2O2/c1-12(14-6-4-3-5-7-14)10-18-19(20(25)26)13(2)24(23-18)15-8-9-17(22)16(21)11-15/h3-9,11-12H,10H2,1-2H3,(H,25,26). The van der Waals surface area contributed by atoms with Crippen LogP contribution in [0.1, 0.15) is 40.2 Å². The maximum atomic E-state index is 13.4. The maximum Gasteiger partial charge on any atom is 0.339 e. The minimum atomic E-state index is -1.03. The van der Waals surface area contributed by atoms with Crippen molar-refractivity contribution >= 4 is 17.6 Å². The first-order valence-corrected chi connectivity index (χ1v) is 8.58. The third-order valence-electron chi connectivity index (χ3n) is 4.42. The second-order valence-electron chi connectivity index (χ2n) is 6.24. The van der Waals surface area contributed by atoms with Crippen molar-refractivity contribution in [2.24, 2.45) is 0 Å². The van der Waals surface area contributed by atoms with E-state index in [-0.39, 0.29) is 16.5 Å². The highest BCUT2D eigenvalue weighted by atomic mass is 35.5. The number of carbonyl (C=O) groups is 1. The predicted molar refractivity (Wildman–Crippen MR) is 98.8 cm³/mol. The summed E-state index contributed by atoms with van der Waals surface area (Å²) >= 11 is 5.86. The molecule has 0 saturated carbocycles. The normalized spacial score (nSPS) is 12.2. The fourth-order valence-electron chi connectivity index (χ4n) is 3.04. The van der Waals surface area contributed by atoms with E-state index in [1.54, 1.807) is 6.92 Å². The van der Waals surface area contributed by atoms with E-state index in [4.69, 9.17) is 11.6 Å². The van der Waals surface area contributed by atoms with Gasteiger partial charge in [-0.15, -0.1) is 0 Å². The number of aromatic nitrogens is 2. The van der Waals surface area contributed by atoms with Gasteiger partial charge in [0, 0.05) is 0 Å². The fourth-order valence-corrected chi connectivity index (χ4v) is 3.21. The Bertz CT molecular complexity index is 954. The SMILES string of the molecule is Cc1c(C(=O)O)c(CC(C)c2ccccc2)nn1-c1ccc(F)c(Cl)c1. The maximum absolute atomic E-state index is 13.4. The van der Waals surface area contributed by atoms with E-state index in [0.29, 0.717) is 23.5 Å². The molecular weight excluding hydrogens is 355 g/mol. The van der Waals surface area contributed by atoms with Crippen molar-refractivity contribution in [1.29, 1.82) is 0 Å². The highest BCUT2D eigenvalue weighted by Crippen LogP contribution is 2.26. The lowest BCUT2D eigenvalue weighted by Crippen LogP contribution is -2.06. The third kappa shape index (κ3) is 3.48. The summed E-state index contributed by atoms with van der Waals surface area (Å²) in [6.07, 6.45) is 0.481. The van der Waals surface area contributed by atoms with Crippen LogP contribution in [-0.2, 0) is 6.42 Å². The van der Waals surface area contributed by atoms with Crippen LogP contribution in [0.2, 0.25) is 5.02 Å². The molecule has 4 nitrogen and oxygen atoms in total. The van der Waals surface area contributed by atoms with Crippen molar-refractivity contribution in [2.75, 3.05) is 0 Å². The Kier molecular flexibility index (Phi) is 5.09. The zero-order valence-corrected chi connectivity index (χ0v) is 15.2. The molecule has 3 rings (SSSR count). The van der Waals surface area contributed by atoms with E-state index in [0.717, 1.165) is 5.56 Å². The van der Waals surface area contributed by atoms with Gasteiger partial charge >= 0.3 is 5.97 Å². The van der Waals surface area contributed by atoms with Gasteiger partial charge in [0.25, 0.3) is 0 Å². The molecule has 1 N–H and O–H groups in total. The minimum Gasteiger partial charge on any atom is -0.478 e. The van der Waals surface area contributed by atoms with Crippen LogP contribution in [0.15, 0.2) is 48.5 Å². The van der Waals surface area contributed by atoms with Crippen LogP contribution in [0, 0.1) is 12.7 Å². The summed E-state index contributed by atoms with van der Waals surface area (Å²) in [7, 11) is 0. The number of nitrogens with zero attached hydrogens (tertiary/aromatic N) is 2. The number of aromatic carboxylic acids is 1. The Morgan fingerprint density at radius 2 is 1.96 bits per heavy atom. The number of hydrogen-bond acceptors (Lipinski definition) is 2. The van der Waals surface area contributed by atoms with E-state index >= 15 is 0 Å². The molecule has 6 heteroatoms. The average molecular weight is 373 g/mol. The Balaban J connectivity index is 2.02. The van der Waals surface area contributed by atoms with Gasteiger partial charge in [0.15, 0.2) is 0 Å². The van der Waals surface area contributed by atoms with Crippen LogP contribution in [-0.4, -0.2) is 20.9 Å². The summed E-state index contributed by atoms with van der Waals surface area (Å²) in [5.41, 5.74) is 2.78. The number of halogens is 2. The van der Waals surface area contributed by atoms with E-state index in [2.05, 4.69) is 5.10 Å². The van der Waals surface area contributed by atoms with Crippen molar-refractivity contribution in [3.05, 3.63) is 81.9 Å². The van der Waals surface area contributed by atoms with Gasteiger partial charge in [-0.1, -0.05) is 48.9 Å². The number of carboxylic acid groups (broad SMARTS) is 1. The second-order valence-corrected chi connectivity index (χ2v) is 6.65. The van der Waals surface area contributed by atoms with Gasteiger partial charge < -0.3 is 5.11 Å². The zero-order chi connectivity index (χ0) is 18.8. The number of carboxylic acids is 1. The van der Waals surface area contributed by atoms with Gasteiger partial charge in [-0.25, -0.2) is 13.9 Å². The molecule has 0 amide bonds. The molecule has 0 aliphatic heterocycles. The Hall–Kier alpha value is -2.66. The first kappa shape index (κ1) is 18.1. The summed E-state index contributed by atoms with van der Waals surface area (Å²) < 4.78 is 14.9. The summed E-state index contributed by atoms with van der Waals surface area (Å²) in [5.74, 6) is -1.46. The minimum absolute atomic E-state index is 0.0338. The van der Waals surface area contributed by atoms with E-state index in [1.165, 1.54) is 22.9 Å². The van der Waals surface area contributed by atoms with Crippen molar-refractivity contribution < 1.29 is 14.3 Å². The molecule has 134 valence electrons. The molecule has 1 unspecified atom stereocenters. The van der Waals surface area contributed by atoms with Crippen LogP contribution < -0.4 is 0 Å². The molecule has 0 fully saturated rings. The third-order valence-corrected chi connectivity index (χ3v) is 4.71. The van der Waals surface area contributed by atoms with Gasteiger partial charge in [-0.3, -0.25) is 0 Å². The Labute approximate surface area is 155 Å². The van der Waals surface area contributed by atoms with E-state index in [9.17, 15) is 14.3 Å². The van der Waals surface area contributed by atoms with Gasteiger partial charge in [0.2, 0.25) is 0 Å². The molecule has 1 atom stereocenters. The van der Waals surface area contributed by atoms with Crippen molar-refractivity contribution in [2.45, 2.75) is 26.2 Å². The lowest BCUT2D eigenvalue weighted by atomic mass is 9.94. The van der Waals surface area contributed by atoms with Gasteiger partial charge in [0.05, 0.1) is 22.1 Å². The molecule has 0 radical (unpaired) electrons. The fraction of sp³-hybridized carbons (Fsp3) is 0.200. The van der Waals surface area contributed by atoms with Gasteiger partial charge in [-0.05, 0) is 43.0 Å². The largest absolute Gasteiger partial charge is 0.478 e. The van der Waals surface area contributed by atoms with Crippen LogP contribution in [0.4, 0.5) is 4.39 Å². The average Bonchev–Trinajstić information content (AvgIpc) is 2.94. The molecule has 0 aliphatic carbocycles. The summed E-state index contributed by atoms with van der Waals surface area (Å²) in [6, 6.07) is 14.1. The molecule has 0 aliphatic rings. The number of hydrogen-bond donors (Lipinski definition) is 1. The van der Waals surface area contributed by atoms with E-state index < -0.39 is 11.8 Å². The summed E-state index contributed by atoms with van der Waals surface area (Å²) in [4.78, 5) is 11.8. The quantitative estimate of drug-likeness (QED) is 0.684. The predicted octanol–water partition coefficient (Wildman–Crippen LogP) is 5.02. The topological polar surface area (TPSA) is 55.1 Å². The monoisotopic (exact) mass is 372 g/mol. The summed E-state index contributed by atoms with van der Waals surface area (Å²) in [5, 5.41) is 14.1. The van der Waals surface area contributed by atoms with Crippen LogP contribution in [0.3, 0.4) is 0 Å². The van der Waals surface area contributed by atoms with Gasteiger partial charge in [-0.2, -0.15) is 5.10 Å². The smallest absolute Gasteiger partial charge is 0.339 e. The van der Waals surface area contributed by atoms with Crippen LogP contribution in [0.5, 0.6) is 0 Å². The summed E-state index contributed by atoms with van der Waals surface area (Å²) in [6.45, 7) is 3.72. The molecule has 3 aromatic rings. The van der Waals surface area contributed by atoms with Gasteiger partial charge in [0.1, 0.15) is 11.4 Å². The molecular formula is C20H18ClFN2O2. The molecule has 26 heavy (non-hydrogen) atoms. The highest BCUT2D eigenvalue weighted by molar-refractivity contribution is 6.30. The second kappa shape index (κ2) is 7.30. The first-order chi connectivity index (χ1) is 12.4. The van der Waals surface area contributed by atoms with E-state index in [1.807, 2.05) is 37.3 Å². The molecule has 1 heterocycles. The van der Waals surface area contributed by atoms with Crippen molar-refractivity contribution in [1.82, 2.24) is 9.78 Å². The lowest BCUT2D eigenvalue weighted by Gasteiger charge is -2.10. The van der Waals surface area contributed by atoms with Crippen LogP contribution >= 0.6 is 11.6 Å². The van der Waals surface area contributed by atoms with Crippen molar-refractivity contribution in [3.8, 4) is 5.69 Å².